The van der Waals surface area contributed by atoms with Gasteiger partial charge in [0.1, 0.15) is 20.1 Å². The standard InChI is InChI=1S/C14H25BFN2O3P.CH4O/c1-9(2)18(10(3)4)22(19-8-6-7-17)21-13-11(5)20-14(15)12(13)16;1-2/h9-14H,6,8H2,1-5H3;2H,1H3/t11-,12+,13?,14-,22?;/m1./s1/i5D;2T. The lowest BCUT2D eigenvalue weighted by Gasteiger charge is -2.37. The molecule has 1 saturated heterocycles. The number of aliphatic hydroxyl groups excluding tert-OH is 1. The largest absolute Gasteiger partial charge is 0.400 e. The van der Waals surface area contributed by atoms with E-state index in [4.69, 9.17) is 29.7 Å². The summed E-state index contributed by atoms with van der Waals surface area (Å²) in [4.78, 5) is 0. The van der Waals surface area contributed by atoms with Gasteiger partial charge in [0.15, 0.2) is 0 Å². The fraction of sp³-hybridized carbons (Fsp3) is 0.933. The first kappa shape index (κ1) is 20.0. The van der Waals surface area contributed by atoms with Gasteiger partial charge in [0.2, 0.25) is 1.43 Å². The first-order valence-electron chi connectivity index (χ1n) is 8.95. The minimum atomic E-state index is -1.58. The highest BCUT2D eigenvalue weighted by atomic mass is 31.2. The lowest BCUT2D eigenvalue weighted by molar-refractivity contribution is 0.0433. The zero-order chi connectivity index (χ0) is 20.3. The van der Waals surface area contributed by atoms with Crippen LogP contribution in [0.2, 0.25) is 0 Å². The molecule has 1 rings (SSSR count). The lowest BCUT2D eigenvalue weighted by Crippen LogP contribution is -2.37. The molecule has 1 aliphatic heterocycles. The van der Waals surface area contributed by atoms with E-state index in [1.165, 1.54) is 7.11 Å². The predicted molar refractivity (Wildman–Crippen MR) is 93.2 cm³/mol. The molecule has 0 aromatic rings. The van der Waals surface area contributed by atoms with Crippen molar-refractivity contribution in [1.82, 2.24) is 4.67 Å². The number of aliphatic hydroxyl groups is 1. The van der Waals surface area contributed by atoms with Gasteiger partial charge >= 0.3 is 0 Å². The molecule has 24 heavy (non-hydrogen) atoms. The summed E-state index contributed by atoms with van der Waals surface area (Å²) < 4.78 is 46.3. The van der Waals surface area contributed by atoms with Crippen LogP contribution in [0.1, 0.15) is 42.4 Å². The fourth-order valence-electron chi connectivity index (χ4n) is 2.27. The number of hydrogen-bond acceptors (Lipinski definition) is 6. The Morgan fingerprint density at radius 1 is 1.54 bits per heavy atom. The van der Waals surface area contributed by atoms with Gasteiger partial charge in [0.05, 0.1) is 31.2 Å². The van der Waals surface area contributed by atoms with Crippen LogP contribution in [0.3, 0.4) is 0 Å². The van der Waals surface area contributed by atoms with Gasteiger partial charge in [-0.3, -0.25) is 0 Å². The Labute approximate surface area is 150 Å². The molecule has 1 heterocycles. The summed E-state index contributed by atoms with van der Waals surface area (Å²) in [5.74, 6) is 0. The smallest absolute Gasteiger partial charge is 0.259 e. The van der Waals surface area contributed by atoms with Crippen LogP contribution in [-0.4, -0.2) is 69.2 Å². The van der Waals surface area contributed by atoms with Crippen LogP contribution in [0.5, 0.6) is 0 Å². The van der Waals surface area contributed by atoms with E-state index in [0.29, 0.717) is 0 Å². The third-order valence-corrected chi connectivity index (χ3v) is 5.33. The molecule has 1 fully saturated rings. The summed E-state index contributed by atoms with van der Waals surface area (Å²) >= 11 is 0. The van der Waals surface area contributed by atoms with E-state index in [1.807, 2.05) is 38.4 Å². The topological polar surface area (TPSA) is 75.0 Å². The Hall–Kier alpha value is -0.285. The van der Waals surface area contributed by atoms with Crippen LogP contribution in [0.15, 0.2) is 0 Å². The molecule has 6 nitrogen and oxygen atoms in total. The zero-order valence-corrected chi connectivity index (χ0v) is 15.9. The zero-order valence-electron chi connectivity index (χ0n) is 17.0. The minimum absolute atomic E-state index is 0.117. The van der Waals surface area contributed by atoms with Gasteiger partial charge in [-0.15, -0.1) is 0 Å². The second-order valence-corrected chi connectivity index (χ2v) is 7.11. The maximum atomic E-state index is 14.3. The van der Waals surface area contributed by atoms with Gasteiger partial charge < -0.3 is 18.9 Å². The second-order valence-electron chi connectivity index (χ2n) is 5.70. The highest BCUT2D eigenvalue weighted by Gasteiger charge is 2.44. The van der Waals surface area contributed by atoms with Crippen molar-refractivity contribution in [2.24, 2.45) is 0 Å². The molecule has 1 N–H and O–H groups in total. The number of nitriles is 1. The van der Waals surface area contributed by atoms with E-state index in [1.54, 1.807) is 0 Å². The van der Waals surface area contributed by atoms with Crippen molar-refractivity contribution in [1.29, 1.82) is 6.69 Å². The van der Waals surface area contributed by atoms with Crippen LogP contribution in [0, 0.1) is 11.3 Å². The van der Waals surface area contributed by atoms with Crippen molar-refractivity contribution in [3.8, 4) is 6.07 Å². The maximum absolute atomic E-state index is 14.3. The molecule has 9 heteroatoms. The van der Waals surface area contributed by atoms with Crippen LogP contribution >= 0.6 is 8.53 Å². The Balaban J connectivity index is 0.00000194. The highest BCUT2D eigenvalue weighted by molar-refractivity contribution is 7.44. The summed E-state index contributed by atoms with van der Waals surface area (Å²) in [5, 5.41) is 12.2. The molecule has 0 aromatic heterocycles. The monoisotopic (exact) mass is 365 g/mol. The fourth-order valence-corrected chi connectivity index (χ4v) is 4.04. The van der Waals surface area contributed by atoms with Crippen molar-refractivity contribution >= 4 is 16.4 Å². The van der Waals surface area contributed by atoms with Crippen LogP contribution < -0.4 is 0 Å². The number of hydrogen-bond donors (Lipinski definition) is 1. The highest BCUT2D eigenvalue weighted by Crippen LogP contribution is 2.49. The van der Waals surface area contributed by atoms with E-state index >= 15 is 0 Å². The minimum Gasteiger partial charge on any atom is -0.400 e. The van der Waals surface area contributed by atoms with Crippen LogP contribution in [0.25, 0.3) is 0 Å². The molecular weight excluding hydrogens is 333 g/mol. The van der Waals surface area contributed by atoms with E-state index in [2.05, 4.69) is 5.11 Å². The molecule has 0 aromatic carbocycles. The lowest BCUT2D eigenvalue weighted by atomic mass is 9.94. The van der Waals surface area contributed by atoms with E-state index in [9.17, 15) is 4.39 Å². The van der Waals surface area contributed by atoms with E-state index < -0.39 is 32.9 Å². The molecule has 2 unspecified atom stereocenters. The van der Waals surface area contributed by atoms with Gasteiger partial charge in [-0.25, -0.2) is 9.06 Å². The number of rotatable bonds is 8. The summed E-state index contributed by atoms with van der Waals surface area (Å²) in [7, 11) is 5.29. The molecule has 0 aliphatic carbocycles. The third kappa shape index (κ3) is 6.91. The number of halogens is 1. The Morgan fingerprint density at radius 3 is 2.58 bits per heavy atom. The quantitative estimate of drug-likeness (QED) is 0.405. The van der Waals surface area contributed by atoms with Crippen molar-refractivity contribution in [2.75, 3.05) is 13.7 Å². The van der Waals surface area contributed by atoms with Gasteiger partial charge in [0.25, 0.3) is 8.53 Å². The molecular formula is C15H29BFN2O4P. The molecule has 2 radical (unpaired) electrons. The van der Waals surface area contributed by atoms with Crippen molar-refractivity contribution < 1.29 is 24.7 Å². The molecule has 0 spiro atoms. The average Bonchev–Trinajstić information content (AvgIpc) is 2.82. The predicted octanol–water partition coefficient (Wildman–Crippen LogP) is 2.51. The average molecular weight is 365 g/mol. The van der Waals surface area contributed by atoms with E-state index in [-0.39, 0.29) is 32.0 Å². The molecule has 0 amide bonds. The maximum Gasteiger partial charge on any atom is 0.259 e. The Bertz CT molecular complexity index is 416. The summed E-state index contributed by atoms with van der Waals surface area (Å²) in [6.45, 7) is 8.07. The van der Waals surface area contributed by atoms with Gasteiger partial charge in [-0.1, -0.05) is 0 Å². The Kier molecular flexibility index (Phi) is 10.1. The summed E-state index contributed by atoms with van der Waals surface area (Å²) in [6.07, 6.45) is -2.93. The Morgan fingerprint density at radius 2 is 2.12 bits per heavy atom. The molecule has 0 saturated carbocycles. The van der Waals surface area contributed by atoms with Crippen molar-refractivity contribution in [2.45, 2.75) is 77.5 Å². The normalized spacial score (nSPS) is 29.0. The SMILES string of the molecule is [2H]C[C@H]1O[C@@H]([B])[C@@H](F)C1OP(OCCC#N)N(C(C)C)C(C)C.[3H]OC. The first-order chi connectivity index (χ1) is 12.2. The summed E-state index contributed by atoms with van der Waals surface area (Å²) in [6, 6.07) is 1.16. The van der Waals surface area contributed by atoms with E-state index in [0.717, 1.165) is 0 Å². The van der Waals surface area contributed by atoms with Gasteiger partial charge in [-0.2, -0.15) is 5.26 Å². The first-order valence-corrected chi connectivity index (χ1v) is 8.96. The molecule has 5 atom stereocenters. The third-order valence-electron chi connectivity index (χ3n) is 3.20. The number of nitrogens with zero attached hydrogens (tertiary/aromatic N) is 2. The van der Waals surface area contributed by atoms with Gasteiger partial charge in [0, 0.05) is 20.6 Å². The molecule has 1 aliphatic rings. The molecule has 0 bridgehead atoms. The van der Waals surface area contributed by atoms with Crippen LogP contribution in [0.4, 0.5) is 4.39 Å². The number of alkyl halides is 1. The van der Waals surface area contributed by atoms with Crippen LogP contribution in [-0.2, 0) is 13.8 Å². The second kappa shape index (κ2) is 12.1. The van der Waals surface area contributed by atoms with Crippen molar-refractivity contribution in [3.05, 3.63) is 0 Å². The summed E-state index contributed by atoms with van der Waals surface area (Å²) in [5.41, 5.74) is 0. The van der Waals surface area contributed by atoms with Gasteiger partial charge in [-0.05, 0) is 34.6 Å². The number of ether oxygens (including phenoxy) is 1. The molecule has 138 valence electrons. The van der Waals surface area contributed by atoms with Crippen molar-refractivity contribution in [3.63, 3.8) is 0 Å².